The molecule has 0 unspecified atom stereocenters. The Morgan fingerprint density at radius 2 is 1.89 bits per heavy atom. The summed E-state index contributed by atoms with van der Waals surface area (Å²) >= 11 is 0. The molecule has 178 valence electrons. The van der Waals surface area contributed by atoms with Gasteiger partial charge in [-0.05, 0) is 43.5 Å². The number of para-hydroxylation sites is 2. The Kier molecular flexibility index (Phi) is 5.05. The van der Waals surface area contributed by atoms with Crippen molar-refractivity contribution in [3.8, 4) is 22.7 Å². The largest absolute Gasteiger partial charge is 0.456 e. The molecule has 1 fully saturated rings. The van der Waals surface area contributed by atoms with Gasteiger partial charge in [0.2, 0.25) is 17.4 Å². The summed E-state index contributed by atoms with van der Waals surface area (Å²) < 4.78 is 18.7. The van der Waals surface area contributed by atoms with Crippen molar-refractivity contribution in [3.63, 3.8) is 0 Å². The lowest BCUT2D eigenvalue weighted by Gasteiger charge is -2.19. The molecular formula is C26H25N5O4. The fourth-order valence-electron chi connectivity index (χ4n) is 4.67. The molecule has 1 N–H and O–H groups in total. The van der Waals surface area contributed by atoms with Crippen LogP contribution in [0.1, 0.15) is 39.2 Å². The fourth-order valence-corrected chi connectivity index (χ4v) is 4.67. The first-order valence-electron chi connectivity index (χ1n) is 11.7. The highest BCUT2D eigenvalue weighted by Gasteiger charge is 2.34. The fraction of sp³-hybridized carbons (Fsp3) is 0.308. The van der Waals surface area contributed by atoms with Crippen molar-refractivity contribution in [2.24, 2.45) is 0 Å². The summed E-state index contributed by atoms with van der Waals surface area (Å²) in [5.41, 5.74) is 4.45. The van der Waals surface area contributed by atoms with E-state index in [2.05, 4.69) is 20.6 Å². The molecule has 9 nitrogen and oxygen atoms in total. The molecule has 4 aromatic rings. The van der Waals surface area contributed by atoms with Gasteiger partial charge in [0.15, 0.2) is 5.58 Å². The van der Waals surface area contributed by atoms with Gasteiger partial charge in [-0.25, -0.2) is 9.67 Å². The van der Waals surface area contributed by atoms with Crippen molar-refractivity contribution >= 4 is 17.0 Å². The summed E-state index contributed by atoms with van der Waals surface area (Å²) in [6.07, 6.45) is 5.66. The summed E-state index contributed by atoms with van der Waals surface area (Å²) in [7, 11) is 0. The lowest BCUT2D eigenvalue weighted by atomic mass is 10.1. The molecule has 0 radical (unpaired) electrons. The van der Waals surface area contributed by atoms with Gasteiger partial charge < -0.3 is 19.2 Å². The van der Waals surface area contributed by atoms with Crippen LogP contribution in [0.2, 0.25) is 0 Å². The van der Waals surface area contributed by atoms with Gasteiger partial charge in [-0.2, -0.15) is 0 Å². The zero-order chi connectivity index (χ0) is 24.0. The van der Waals surface area contributed by atoms with Crippen LogP contribution in [-0.2, 0) is 14.3 Å². The van der Waals surface area contributed by atoms with Crippen LogP contribution in [0.4, 0.5) is 0 Å². The van der Waals surface area contributed by atoms with Gasteiger partial charge in [-0.15, -0.1) is 5.10 Å². The van der Waals surface area contributed by atoms with Crippen LogP contribution >= 0.6 is 0 Å². The van der Waals surface area contributed by atoms with Gasteiger partial charge >= 0.3 is 0 Å². The molecule has 0 saturated heterocycles. The van der Waals surface area contributed by atoms with Gasteiger partial charge in [0.25, 0.3) is 5.91 Å². The number of carbonyl (C=O) groups is 1. The van der Waals surface area contributed by atoms with E-state index in [0.29, 0.717) is 5.89 Å². The van der Waals surface area contributed by atoms with E-state index < -0.39 is 5.79 Å². The number of aromatic nitrogens is 4. The Morgan fingerprint density at radius 1 is 1.09 bits per heavy atom. The van der Waals surface area contributed by atoms with Crippen molar-refractivity contribution in [3.05, 3.63) is 66.7 Å². The summed E-state index contributed by atoms with van der Waals surface area (Å²) in [6.45, 7) is 3.53. The highest BCUT2D eigenvalue weighted by atomic mass is 16.7. The van der Waals surface area contributed by atoms with E-state index in [1.165, 1.54) is 6.26 Å². The van der Waals surface area contributed by atoms with E-state index in [4.69, 9.17) is 13.9 Å². The average molecular weight is 472 g/mol. The zero-order valence-corrected chi connectivity index (χ0v) is 19.5. The number of amides is 1. The van der Waals surface area contributed by atoms with Crippen LogP contribution in [-0.4, -0.2) is 37.7 Å². The molecular weight excluding hydrogens is 446 g/mol. The standard InChI is InChI=1S/C26H25N5O4/c1-26(2)33-15-23(35-26)24(32)28-18-11-12-19(13-18)31-21(14-27-30-31)16-7-9-17(10-8-16)25-29-20-5-3-4-6-22(20)34-25/h3-10,14-15,18-19H,11-13H2,1-2H3,(H,28,32)/t18-,19+/m0/s1. The maximum Gasteiger partial charge on any atom is 0.290 e. The second-order valence-corrected chi connectivity index (χ2v) is 9.37. The highest BCUT2D eigenvalue weighted by molar-refractivity contribution is 5.91. The average Bonchev–Trinajstić information content (AvgIpc) is 3.64. The van der Waals surface area contributed by atoms with E-state index in [0.717, 1.165) is 47.2 Å². The number of benzene rings is 2. The van der Waals surface area contributed by atoms with E-state index in [1.54, 1.807) is 20.0 Å². The van der Waals surface area contributed by atoms with E-state index in [-0.39, 0.29) is 23.8 Å². The molecule has 1 aliphatic carbocycles. The second-order valence-electron chi connectivity index (χ2n) is 9.37. The van der Waals surface area contributed by atoms with Gasteiger partial charge in [-0.1, -0.05) is 29.5 Å². The zero-order valence-electron chi connectivity index (χ0n) is 19.5. The topological polar surface area (TPSA) is 104 Å². The van der Waals surface area contributed by atoms with Crippen LogP contribution in [0.3, 0.4) is 0 Å². The van der Waals surface area contributed by atoms with E-state index >= 15 is 0 Å². The molecule has 1 saturated carbocycles. The Morgan fingerprint density at radius 3 is 2.66 bits per heavy atom. The molecule has 1 aliphatic heterocycles. The summed E-state index contributed by atoms with van der Waals surface area (Å²) in [4.78, 5) is 17.1. The minimum atomic E-state index is -0.809. The lowest BCUT2D eigenvalue weighted by Crippen LogP contribution is -2.35. The molecule has 0 bridgehead atoms. The molecule has 2 aromatic carbocycles. The lowest BCUT2D eigenvalue weighted by molar-refractivity contribution is -0.137. The normalized spacial score (nSPS) is 20.9. The Labute approximate surface area is 201 Å². The first-order valence-corrected chi connectivity index (χ1v) is 11.7. The third-order valence-electron chi connectivity index (χ3n) is 6.41. The van der Waals surface area contributed by atoms with Crippen LogP contribution in [0, 0.1) is 0 Å². The quantitative estimate of drug-likeness (QED) is 0.454. The molecule has 35 heavy (non-hydrogen) atoms. The predicted molar refractivity (Wildman–Crippen MR) is 128 cm³/mol. The summed E-state index contributed by atoms with van der Waals surface area (Å²) in [6, 6.07) is 15.9. The first kappa shape index (κ1) is 21.4. The van der Waals surface area contributed by atoms with E-state index in [9.17, 15) is 4.79 Å². The van der Waals surface area contributed by atoms with Crippen LogP contribution < -0.4 is 5.32 Å². The van der Waals surface area contributed by atoms with Crippen molar-refractivity contribution in [2.45, 2.75) is 51.0 Å². The number of carbonyl (C=O) groups excluding carboxylic acids is 1. The monoisotopic (exact) mass is 471 g/mol. The van der Waals surface area contributed by atoms with Crippen LogP contribution in [0.25, 0.3) is 33.8 Å². The van der Waals surface area contributed by atoms with Gasteiger partial charge in [0.1, 0.15) is 11.8 Å². The van der Waals surface area contributed by atoms with Gasteiger partial charge in [0.05, 0.1) is 17.9 Å². The van der Waals surface area contributed by atoms with Gasteiger partial charge in [-0.3, -0.25) is 4.79 Å². The second kappa shape index (κ2) is 8.26. The van der Waals surface area contributed by atoms with Gasteiger partial charge in [0, 0.05) is 31.0 Å². The first-order chi connectivity index (χ1) is 16.9. The molecule has 2 aliphatic rings. The molecule has 0 spiro atoms. The number of hydrogen-bond acceptors (Lipinski definition) is 7. The number of hydrogen-bond donors (Lipinski definition) is 1. The molecule has 2 aromatic heterocycles. The Bertz CT molecular complexity index is 1390. The molecule has 1 amide bonds. The summed E-state index contributed by atoms with van der Waals surface area (Å²) in [5, 5.41) is 11.6. The molecule has 6 rings (SSSR count). The van der Waals surface area contributed by atoms with Crippen LogP contribution in [0.5, 0.6) is 0 Å². The summed E-state index contributed by atoms with van der Waals surface area (Å²) in [5.74, 6) is -0.265. The van der Waals surface area contributed by atoms with Crippen molar-refractivity contribution < 1.29 is 18.7 Å². The number of nitrogens with one attached hydrogen (secondary N) is 1. The number of fused-ring (bicyclic) bond motifs is 1. The Hall–Kier alpha value is -4.14. The maximum absolute atomic E-state index is 12.5. The minimum Gasteiger partial charge on any atom is -0.456 e. The smallest absolute Gasteiger partial charge is 0.290 e. The van der Waals surface area contributed by atoms with Crippen molar-refractivity contribution in [2.75, 3.05) is 0 Å². The molecule has 9 heteroatoms. The number of oxazole rings is 1. The van der Waals surface area contributed by atoms with Crippen LogP contribution in [0.15, 0.2) is 71.2 Å². The minimum absolute atomic E-state index is 0.0271. The number of nitrogens with zero attached hydrogens (tertiary/aromatic N) is 4. The third kappa shape index (κ3) is 4.14. The highest BCUT2D eigenvalue weighted by Crippen LogP contribution is 2.34. The molecule has 3 heterocycles. The van der Waals surface area contributed by atoms with E-state index in [1.807, 2.05) is 53.2 Å². The van der Waals surface area contributed by atoms with Crippen molar-refractivity contribution in [1.29, 1.82) is 0 Å². The Balaban J connectivity index is 1.15. The third-order valence-corrected chi connectivity index (χ3v) is 6.41. The number of ether oxygens (including phenoxy) is 2. The maximum atomic E-state index is 12.5. The number of rotatable bonds is 5. The molecule has 2 atom stereocenters. The van der Waals surface area contributed by atoms with Crippen molar-refractivity contribution in [1.82, 2.24) is 25.3 Å². The SMILES string of the molecule is CC1(C)OC=C(C(=O)N[C@H]2CC[C@@H](n3nncc3-c3ccc(-c4nc5ccccc5o4)cc3)C2)O1. The predicted octanol–water partition coefficient (Wildman–Crippen LogP) is 4.59.